The Morgan fingerprint density at radius 1 is 1.36 bits per heavy atom. The number of aromatic nitrogens is 1. The van der Waals surface area contributed by atoms with Crippen LogP contribution in [0.2, 0.25) is 5.02 Å². The van der Waals surface area contributed by atoms with E-state index in [0.717, 1.165) is 12.1 Å². The minimum Gasteiger partial charge on any atom is -0.260 e. The van der Waals surface area contributed by atoms with Crippen LogP contribution in [-0.4, -0.2) is 4.98 Å². The van der Waals surface area contributed by atoms with E-state index in [4.69, 9.17) is 11.6 Å². The fourth-order valence-electron chi connectivity index (χ4n) is 1.77. The van der Waals surface area contributed by atoms with Crippen LogP contribution in [-0.2, 0) is 6.42 Å². The largest absolute Gasteiger partial charge is 0.260 e. The highest BCUT2D eigenvalue weighted by atomic mass is 35.5. The Morgan fingerprint density at radius 3 is 2.57 bits per heavy atom. The van der Waals surface area contributed by atoms with Gasteiger partial charge >= 0.3 is 0 Å². The summed E-state index contributed by atoms with van der Waals surface area (Å²) in [4.78, 5) is 4.31. The summed E-state index contributed by atoms with van der Waals surface area (Å²) in [6, 6.07) is 3.92. The predicted octanol–water partition coefficient (Wildman–Crippen LogP) is 4.10. The summed E-state index contributed by atoms with van der Waals surface area (Å²) < 4.78 is 0. The highest BCUT2D eigenvalue weighted by Crippen LogP contribution is 2.26. The molecule has 1 aromatic rings. The quantitative estimate of drug-likeness (QED) is 0.731. The van der Waals surface area contributed by atoms with Gasteiger partial charge in [-0.3, -0.25) is 4.98 Å². The zero-order valence-electron chi connectivity index (χ0n) is 9.18. The second-order valence-electron chi connectivity index (χ2n) is 4.56. The van der Waals surface area contributed by atoms with Crippen molar-refractivity contribution in [2.45, 2.75) is 40.0 Å². The molecule has 0 spiro atoms. The first-order valence-electron chi connectivity index (χ1n) is 5.14. The van der Waals surface area contributed by atoms with Gasteiger partial charge in [0, 0.05) is 11.9 Å². The summed E-state index contributed by atoms with van der Waals surface area (Å²) in [5.41, 5.74) is 1.48. The normalized spacial score (nSPS) is 11.7. The third kappa shape index (κ3) is 3.67. The topological polar surface area (TPSA) is 12.9 Å². The summed E-state index contributed by atoms with van der Waals surface area (Å²) in [5.74, 6) is 0. The van der Waals surface area contributed by atoms with Gasteiger partial charge < -0.3 is 0 Å². The van der Waals surface area contributed by atoms with Crippen LogP contribution < -0.4 is 0 Å². The summed E-state index contributed by atoms with van der Waals surface area (Å²) >= 11 is 5.78. The molecule has 1 aromatic heterocycles. The summed E-state index contributed by atoms with van der Waals surface area (Å²) in [7, 11) is 0. The summed E-state index contributed by atoms with van der Waals surface area (Å²) in [6.45, 7) is 6.79. The lowest BCUT2D eigenvalue weighted by atomic mass is 9.83. The lowest BCUT2D eigenvalue weighted by Crippen LogP contribution is -2.15. The molecule has 0 bridgehead atoms. The second-order valence-corrected chi connectivity index (χ2v) is 5.00. The molecule has 2 heteroatoms. The van der Waals surface area contributed by atoms with Crippen molar-refractivity contribution in [3.8, 4) is 0 Å². The molecule has 0 saturated heterocycles. The van der Waals surface area contributed by atoms with E-state index in [9.17, 15) is 0 Å². The van der Waals surface area contributed by atoms with Crippen LogP contribution in [0.4, 0.5) is 0 Å². The molecule has 1 heterocycles. The lowest BCUT2D eigenvalue weighted by Gasteiger charge is -2.23. The Labute approximate surface area is 91.5 Å². The Kier molecular flexibility index (Phi) is 3.94. The first kappa shape index (κ1) is 11.5. The average Bonchev–Trinajstić information content (AvgIpc) is 2.08. The first-order valence-corrected chi connectivity index (χ1v) is 5.52. The van der Waals surface area contributed by atoms with E-state index in [0.29, 0.717) is 10.4 Å². The molecule has 1 nitrogen and oxygen atoms in total. The van der Waals surface area contributed by atoms with Crippen molar-refractivity contribution >= 4 is 11.6 Å². The molecule has 1 rings (SSSR count). The monoisotopic (exact) mass is 211 g/mol. The van der Waals surface area contributed by atoms with Gasteiger partial charge in [0.05, 0.1) is 5.02 Å². The molecule has 78 valence electrons. The number of hydrogen-bond donors (Lipinski definition) is 0. The average molecular weight is 212 g/mol. The third-order valence-corrected chi connectivity index (χ3v) is 2.60. The van der Waals surface area contributed by atoms with Crippen LogP contribution in [0.25, 0.3) is 0 Å². The molecule has 0 radical (unpaired) electrons. The van der Waals surface area contributed by atoms with Crippen molar-refractivity contribution < 1.29 is 0 Å². The third-order valence-electron chi connectivity index (χ3n) is 2.38. The van der Waals surface area contributed by atoms with Crippen LogP contribution in [0.3, 0.4) is 0 Å². The fraction of sp³-hybridized carbons (Fsp3) is 0.583. The van der Waals surface area contributed by atoms with E-state index in [2.05, 4.69) is 25.8 Å². The van der Waals surface area contributed by atoms with Crippen LogP contribution in [0.5, 0.6) is 0 Å². The Balaban J connectivity index is 2.64. The molecule has 14 heavy (non-hydrogen) atoms. The molecule has 0 unspecified atom stereocenters. The number of pyridine rings is 1. The van der Waals surface area contributed by atoms with Gasteiger partial charge in [0.2, 0.25) is 0 Å². The molecule has 0 atom stereocenters. The molecule has 0 N–H and O–H groups in total. The molecule has 0 fully saturated rings. The number of nitrogens with zero attached hydrogens (tertiary/aromatic N) is 1. The maximum atomic E-state index is 5.78. The van der Waals surface area contributed by atoms with Crippen molar-refractivity contribution in [1.29, 1.82) is 0 Å². The standard InChI is InChI=1S/C12H18ClN/c1-4-7-12(2,3)8-11-6-5-10(13)9-14-11/h5-6,9H,4,7-8H2,1-3H3. The summed E-state index contributed by atoms with van der Waals surface area (Å²) in [6.07, 6.45) is 5.20. The van der Waals surface area contributed by atoms with Gasteiger partial charge in [0.15, 0.2) is 0 Å². The molecule has 0 aromatic carbocycles. The van der Waals surface area contributed by atoms with E-state index in [-0.39, 0.29) is 0 Å². The van der Waals surface area contributed by atoms with Gasteiger partial charge in [0.25, 0.3) is 0 Å². The molecule has 0 aliphatic carbocycles. The van der Waals surface area contributed by atoms with E-state index >= 15 is 0 Å². The minimum absolute atomic E-state index is 0.343. The van der Waals surface area contributed by atoms with Crippen molar-refractivity contribution in [3.63, 3.8) is 0 Å². The molecule has 0 aliphatic rings. The number of hydrogen-bond acceptors (Lipinski definition) is 1. The van der Waals surface area contributed by atoms with Gasteiger partial charge in [0.1, 0.15) is 0 Å². The maximum absolute atomic E-state index is 5.78. The molecule has 0 amide bonds. The highest BCUT2D eigenvalue weighted by molar-refractivity contribution is 6.30. The predicted molar refractivity (Wildman–Crippen MR) is 61.6 cm³/mol. The lowest BCUT2D eigenvalue weighted by molar-refractivity contribution is 0.325. The van der Waals surface area contributed by atoms with E-state index in [1.807, 2.05) is 12.1 Å². The fourth-order valence-corrected chi connectivity index (χ4v) is 1.88. The Morgan fingerprint density at radius 2 is 2.07 bits per heavy atom. The molecular weight excluding hydrogens is 194 g/mol. The highest BCUT2D eigenvalue weighted by Gasteiger charge is 2.17. The van der Waals surface area contributed by atoms with Crippen molar-refractivity contribution in [2.24, 2.45) is 5.41 Å². The second kappa shape index (κ2) is 4.79. The van der Waals surface area contributed by atoms with E-state index in [1.165, 1.54) is 12.8 Å². The van der Waals surface area contributed by atoms with Gasteiger partial charge in [-0.05, 0) is 30.4 Å². The van der Waals surface area contributed by atoms with Gasteiger partial charge in [-0.25, -0.2) is 0 Å². The van der Waals surface area contributed by atoms with Gasteiger partial charge in [-0.15, -0.1) is 0 Å². The summed E-state index contributed by atoms with van der Waals surface area (Å²) in [5, 5.41) is 0.710. The van der Waals surface area contributed by atoms with Crippen LogP contribution >= 0.6 is 11.6 Å². The van der Waals surface area contributed by atoms with E-state index in [1.54, 1.807) is 6.20 Å². The van der Waals surface area contributed by atoms with E-state index < -0.39 is 0 Å². The molecule has 0 saturated carbocycles. The molecular formula is C12H18ClN. The number of halogens is 1. The minimum atomic E-state index is 0.343. The van der Waals surface area contributed by atoms with Crippen LogP contribution in [0.15, 0.2) is 18.3 Å². The van der Waals surface area contributed by atoms with Crippen LogP contribution in [0, 0.1) is 5.41 Å². The van der Waals surface area contributed by atoms with Gasteiger partial charge in [-0.1, -0.05) is 38.8 Å². The van der Waals surface area contributed by atoms with Crippen molar-refractivity contribution in [2.75, 3.05) is 0 Å². The van der Waals surface area contributed by atoms with Crippen molar-refractivity contribution in [1.82, 2.24) is 4.98 Å². The first-order chi connectivity index (χ1) is 6.53. The Bertz CT molecular complexity index is 277. The van der Waals surface area contributed by atoms with Crippen LogP contribution in [0.1, 0.15) is 39.3 Å². The Hall–Kier alpha value is -0.560. The number of rotatable bonds is 4. The van der Waals surface area contributed by atoms with Gasteiger partial charge in [-0.2, -0.15) is 0 Å². The maximum Gasteiger partial charge on any atom is 0.0589 e. The van der Waals surface area contributed by atoms with Crippen molar-refractivity contribution in [3.05, 3.63) is 29.0 Å². The molecule has 0 aliphatic heterocycles. The zero-order chi connectivity index (χ0) is 10.6. The zero-order valence-corrected chi connectivity index (χ0v) is 9.93. The smallest absolute Gasteiger partial charge is 0.0589 e. The SMILES string of the molecule is CCCC(C)(C)Cc1ccc(Cl)cn1.